The van der Waals surface area contributed by atoms with Gasteiger partial charge in [0.25, 0.3) is 5.91 Å². The first kappa shape index (κ1) is 18.9. The summed E-state index contributed by atoms with van der Waals surface area (Å²) in [5.41, 5.74) is 3.87. The molecular formula is C23H28N2O3. The molecule has 5 heteroatoms. The number of rotatable bonds is 3. The maximum absolute atomic E-state index is 13.7. The second-order valence-electron chi connectivity index (χ2n) is 8.12. The van der Waals surface area contributed by atoms with Crippen LogP contribution >= 0.6 is 0 Å². The van der Waals surface area contributed by atoms with Gasteiger partial charge >= 0.3 is 5.97 Å². The van der Waals surface area contributed by atoms with Gasteiger partial charge in [-0.3, -0.25) is 14.6 Å². The third-order valence-electron chi connectivity index (χ3n) is 6.05. The van der Waals surface area contributed by atoms with E-state index in [9.17, 15) is 9.59 Å². The molecule has 28 heavy (non-hydrogen) atoms. The Bertz CT molecular complexity index is 908. The molecule has 1 amide bonds. The third-order valence-corrected chi connectivity index (χ3v) is 6.05. The van der Waals surface area contributed by atoms with E-state index in [1.807, 2.05) is 36.1 Å². The van der Waals surface area contributed by atoms with E-state index in [1.165, 1.54) is 0 Å². The average molecular weight is 380 g/mol. The highest BCUT2D eigenvalue weighted by atomic mass is 16.5. The number of benzene rings is 1. The number of ether oxygens (including phenoxy) is 1. The van der Waals surface area contributed by atoms with Crippen LogP contribution in [0.4, 0.5) is 0 Å². The lowest BCUT2D eigenvalue weighted by molar-refractivity contribution is -0.149. The maximum atomic E-state index is 13.7. The number of carbonyl (C=O) groups excluding carboxylic acids is 2. The number of aromatic nitrogens is 1. The van der Waals surface area contributed by atoms with Crippen LogP contribution in [0.25, 0.3) is 10.9 Å². The molecule has 148 valence electrons. The van der Waals surface area contributed by atoms with E-state index in [-0.39, 0.29) is 17.8 Å². The van der Waals surface area contributed by atoms with Crippen LogP contribution < -0.4 is 0 Å². The molecule has 2 aromatic rings. The van der Waals surface area contributed by atoms with Crippen molar-refractivity contribution in [3.63, 3.8) is 0 Å². The number of esters is 1. The quantitative estimate of drug-likeness (QED) is 0.761. The molecule has 1 fully saturated rings. The van der Waals surface area contributed by atoms with Crippen molar-refractivity contribution in [3.05, 3.63) is 41.1 Å². The predicted molar refractivity (Wildman–Crippen MR) is 108 cm³/mol. The van der Waals surface area contributed by atoms with Crippen molar-refractivity contribution in [2.75, 3.05) is 19.7 Å². The summed E-state index contributed by atoms with van der Waals surface area (Å²) in [6.45, 7) is 5.57. The first-order valence-corrected chi connectivity index (χ1v) is 10.4. The van der Waals surface area contributed by atoms with Crippen molar-refractivity contribution in [1.82, 2.24) is 9.88 Å². The minimum Gasteiger partial charge on any atom is -0.466 e. The highest BCUT2D eigenvalue weighted by molar-refractivity contribution is 6.08. The summed E-state index contributed by atoms with van der Waals surface area (Å²) in [5.74, 6) is 0.185. The molecule has 0 bridgehead atoms. The Labute approximate surface area is 166 Å². The lowest BCUT2D eigenvalue weighted by atomic mass is 9.83. The van der Waals surface area contributed by atoms with Crippen LogP contribution in [0.1, 0.15) is 54.7 Å². The first-order chi connectivity index (χ1) is 13.6. The lowest BCUT2D eigenvalue weighted by Gasteiger charge is -2.33. The Morgan fingerprint density at radius 3 is 2.89 bits per heavy atom. The maximum Gasteiger partial charge on any atom is 0.310 e. The molecule has 2 atom stereocenters. The van der Waals surface area contributed by atoms with Crippen LogP contribution in [-0.2, 0) is 22.4 Å². The average Bonchev–Trinajstić information content (AvgIpc) is 2.72. The Kier molecular flexibility index (Phi) is 5.33. The molecule has 1 saturated heterocycles. The summed E-state index contributed by atoms with van der Waals surface area (Å²) in [7, 11) is 0. The van der Waals surface area contributed by atoms with E-state index >= 15 is 0 Å². The van der Waals surface area contributed by atoms with Gasteiger partial charge < -0.3 is 9.64 Å². The van der Waals surface area contributed by atoms with Crippen LogP contribution in [0, 0.1) is 11.8 Å². The van der Waals surface area contributed by atoms with Gasteiger partial charge in [-0.1, -0.05) is 25.1 Å². The molecule has 1 aliphatic carbocycles. The number of piperidine rings is 1. The van der Waals surface area contributed by atoms with Crippen LogP contribution in [0.2, 0.25) is 0 Å². The molecule has 2 unspecified atom stereocenters. The molecule has 4 rings (SSSR count). The Hall–Kier alpha value is -2.43. The van der Waals surface area contributed by atoms with Gasteiger partial charge in [0.05, 0.1) is 23.6 Å². The Morgan fingerprint density at radius 2 is 2.07 bits per heavy atom. The normalized spacial score (nSPS) is 22.0. The van der Waals surface area contributed by atoms with Crippen molar-refractivity contribution in [2.24, 2.45) is 11.8 Å². The minimum atomic E-state index is -0.222. The first-order valence-electron chi connectivity index (χ1n) is 10.4. The Balaban J connectivity index is 1.72. The van der Waals surface area contributed by atoms with Gasteiger partial charge in [0.15, 0.2) is 0 Å². The number of hydrogen-bond donors (Lipinski definition) is 0. The summed E-state index contributed by atoms with van der Waals surface area (Å²) in [5, 5.41) is 0.929. The molecule has 0 spiro atoms. The van der Waals surface area contributed by atoms with Crippen molar-refractivity contribution >= 4 is 22.8 Å². The minimum absolute atomic E-state index is 0.0398. The number of amides is 1. The van der Waals surface area contributed by atoms with Gasteiger partial charge in [-0.2, -0.15) is 0 Å². The molecule has 2 heterocycles. The number of likely N-dealkylation sites (tertiary alicyclic amines) is 1. The second-order valence-corrected chi connectivity index (χ2v) is 8.12. The van der Waals surface area contributed by atoms with E-state index < -0.39 is 0 Å². The lowest BCUT2D eigenvalue weighted by Crippen LogP contribution is -2.43. The summed E-state index contributed by atoms with van der Waals surface area (Å²) in [6, 6.07) is 7.93. The number of pyridine rings is 1. The molecule has 5 nitrogen and oxygen atoms in total. The fourth-order valence-electron chi connectivity index (χ4n) is 4.58. The molecule has 1 aliphatic heterocycles. The third kappa shape index (κ3) is 3.50. The van der Waals surface area contributed by atoms with Crippen molar-refractivity contribution in [3.8, 4) is 0 Å². The Morgan fingerprint density at radius 1 is 1.25 bits per heavy atom. The topological polar surface area (TPSA) is 59.5 Å². The summed E-state index contributed by atoms with van der Waals surface area (Å²) >= 11 is 0. The zero-order valence-corrected chi connectivity index (χ0v) is 16.7. The second kappa shape index (κ2) is 7.90. The van der Waals surface area contributed by atoms with Crippen molar-refractivity contribution < 1.29 is 14.3 Å². The van der Waals surface area contributed by atoms with E-state index in [1.54, 1.807) is 0 Å². The molecule has 1 aromatic heterocycles. The smallest absolute Gasteiger partial charge is 0.310 e. The van der Waals surface area contributed by atoms with Gasteiger partial charge in [-0.05, 0) is 56.6 Å². The highest BCUT2D eigenvalue weighted by Crippen LogP contribution is 2.33. The number of carbonyl (C=O) groups is 2. The predicted octanol–water partition coefficient (Wildman–Crippen LogP) is 3.77. The molecule has 0 saturated carbocycles. The fraction of sp³-hybridized carbons (Fsp3) is 0.522. The summed E-state index contributed by atoms with van der Waals surface area (Å²) < 4.78 is 5.20. The van der Waals surface area contributed by atoms with Crippen LogP contribution in [0.15, 0.2) is 24.3 Å². The summed E-state index contributed by atoms with van der Waals surface area (Å²) in [6.07, 6.45) is 4.54. The van der Waals surface area contributed by atoms with Crippen LogP contribution in [0.5, 0.6) is 0 Å². The van der Waals surface area contributed by atoms with E-state index in [0.717, 1.165) is 59.8 Å². The number of aryl methyl sites for hydroxylation is 1. The SMILES string of the molecule is CCOC(=O)C1CCCN(C(=O)c2c3c(nc4ccccc24)CCC(C)C3)C1. The van der Waals surface area contributed by atoms with Crippen molar-refractivity contribution in [2.45, 2.75) is 46.0 Å². The van der Waals surface area contributed by atoms with Crippen LogP contribution in [0.3, 0.4) is 0 Å². The largest absolute Gasteiger partial charge is 0.466 e. The number of nitrogens with zero attached hydrogens (tertiary/aromatic N) is 2. The molecule has 1 aromatic carbocycles. The van der Waals surface area contributed by atoms with Gasteiger partial charge in [0.1, 0.15) is 0 Å². The van der Waals surface area contributed by atoms with E-state index in [0.29, 0.717) is 25.6 Å². The monoisotopic (exact) mass is 380 g/mol. The molecule has 2 aliphatic rings. The zero-order valence-electron chi connectivity index (χ0n) is 16.7. The standard InChI is InChI=1S/C23H28N2O3/c1-3-28-23(27)16-7-6-12-25(14-16)22(26)21-17-8-4-5-9-19(17)24-20-11-10-15(2)13-18(20)21/h4-5,8-9,15-16H,3,6-7,10-14H2,1-2H3. The zero-order chi connectivity index (χ0) is 19.7. The summed E-state index contributed by atoms with van der Waals surface area (Å²) in [4.78, 5) is 32.6. The van der Waals surface area contributed by atoms with Gasteiger partial charge in [0.2, 0.25) is 0 Å². The van der Waals surface area contributed by atoms with Crippen LogP contribution in [-0.4, -0.2) is 41.5 Å². The number of fused-ring (bicyclic) bond motifs is 2. The molecule has 0 radical (unpaired) electrons. The van der Waals surface area contributed by atoms with Gasteiger partial charge in [-0.25, -0.2) is 0 Å². The van der Waals surface area contributed by atoms with Gasteiger partial charge in [0, 0.05) is 24.2 Å². The van der Waals surface area contributed by atoms with Crippen molar-refractivity contribution in [1.29, 1.82) is 0 Å². The van der Waals surface area contributed by atoms with E-state index in [2.05, 4.69) is 6.92 Å². The number of hydrogen-bond acceptors (Lipinski definition) is 4. The highest BCUT2D eigenvalue weighted by Gasteiger charge is 2.33. The van der Waals surface area contributed by atoms with E-state index in [4.69, 9.17) is 9.72 Å². The number of para-hydroxylation sites is 1. The molecular weight excluding hydrogens is 352 g/mol. The van der Waals surface area contributed by atoms with Gasteiger partial charge in [-0.15, -0.1) is 0 Å². The molecule has 0 N–H and O–H groups in total. The fourth-order valence-corrected chi connectivity index (χ4v) is 4.58.